The monoisotopic (exact) mass is 211 g/mol. The van der Waals surface area contributed by atoms with Crippen LogP contribution in [0.15, 0.2) is 0 Å². The summed E-state index contributed by atoms with van der Waals surface area (Å²) in [6, 6.07) is 0.658. The summed E-state index contributed by atoms with van der Waals surface area (Å²) < 4.78 is 5.39. The molecule has 1 heterocycles. The van der Waals surface area contributed by atoms with Crippen LogP contribution >= 0.6 is 0 Å². The minimum absolute atomic E-state index is 0.236. The standard InChI is InChI=1S/C12H21NO2/c1-9-8-13(6-5-12(9)14)10-3-4-11(7-10)15-2/h9-11H,3-8H2,1-2H3. The molecule has 1 saturated carbocycles. The van der Waals surface area contributed by atoms with Crippen LogP contribution in [0.1, 0.15) is 32.6 Å². The van der Waals surface area contributed by atoms with E-state index in [1.807, 2.05) is 0 Å². The van der Waals surface area contributed by atoms with Crippen LogP contribution in [0.3, 0.4) is 0 Å². The highest BCUT2D eigenvalue weighted by Gasteiger charge is 2.33. The molecule has 15 heavy (non-hydrogen) atoms. The van der Waals surface area contributed by atoms with Gasteiger partial charge in [-0.2, -0.15) is 0 Å². The number of nitrogens with zero attached hydrogens (tertiary/aromatic N) is 1. The normalized spacial score (nSPS) is 38.5. The van der Waals surface area contributed by atoms with E-state index in [4.69, 9.17) is 4.74 Å². The highest BCUT2D eigenvalue weighted by molar-refractivity contribution is 5.81. The molecule has 1 saturated heterocycles. The first-order chi connectivity index (χ1) is 7.20. The summed E-state index contributed by atoms with van der Waals surface area (Å²) in [5, 5.41) is 0. The van der Waals surface area contributed by atoms with Crippen LogP contribution in [0.25, 0.3) is 0 Å². The molecule has 1 aliphatic heterocycles. The maximum absolute atomic E-state index is 11.4. The Morgan fingerprint density at radius 1 is 1.40 bits per heavy atom. The van der Waals surface area contributed by atoms with E-state index in [1.165, 1.54) is 12.8 Å². The van der Waals surface area contributed by atoms with Gasteiger partial charge < -0.3 is 4.74 Å². The van der Waals surface area contributed by atoms with Gasteiger partial charge in [-0.25, -0.2) is 0 Å². The van der Waals surface area contributed by atoms with Gasteiger partial charge in [0.1, 0.15) is 5.78 Å². The second kappa shape index (κ2) is 4.62. The molecule has 3 nitrogen and oxygen atoms in total. The van der Waals surface area contributed by atoms with Crippen molar-refractivity contribution in [2.24, 2.45) is 5.92 Å². The number of hydrogen-bond donors (Lipinski definition) is 0. The zero-order valence-electron chi connectivity index (χ0n) is 9.74. The first-order valence-corrected chi connectivity index (χ1v) is 6.00. The molecule has 0 N–H and O–H groups in total. The maximum Gasteiger partial charge on any atom is 0.138 e. The molecule has 2 aliphatic rings. The predicted octanol–water partition coefficient (Wildman–Crippen LogP) is 1.46. The predicted molar refractivity (Wildman–Crippen MR) is 58.8 cm³/mol. The molecule has 0 radical (unpaired) electrons. The number of ketones is 1. The van der Waals surface area contributed by atoms with Crippen molar-refractivity contribution in [3.05, 3.63) is 0 Å². The van der Waals surface area contributed by atoms with E-state index >= 15 is 0 Å². The average molecular weight is 211 g/mol. The molecule has 0 aromatic heterocycles. The Morgan fingerprint density at radius 2 is 2.20 bits per heavy atom. The lowest BCUT2D eigenvalue weighted by molar-refractivity contribution is -0.126. The van der Waals surface area contributed by atoms with E-state index < -0.39 is 0 Å². The lowest BCUT2D eigenvalue weighted by Crippen LogP contribution is -2.44. The number of ether oxygens (including phenoxy) is 1. The van der Waals surface area contributed by atoms with E-state index in [2.05, 4.69) is 11.8 Å². The van der Waals surface area contributed by atoms with Crippen LogP contribution in [0.2, 0.25) is 0 Å². The number of carbonyl (C=O) groups is 1. The van der Waals surface area contributed by atoms with Crippen LogP contribution < -0.4 is 0 Å². The molecule has 0 aromatic rings. The van der Waals surface area contributed by atoms with Gasteiger partial charge in [-0.05, 0) is 19.3 Å². The number of likely N-dealkylation sites (tertiary alicyclic amines) is 1. The van der Waals surface area contributed by atoms with Gasteiger partial charge in [0.2, 0.25) is 0 Å². The van der Waals surface area contributed by atoms with Gasteiger partial charge >= 0.3 is 0 Å². The second-order valence-corrected chi connectivity index (χ2v) is 4.94. The molecule has 2 fully saturated rings. The molecule has 3 unspecified atom stereocenters. The van der Waals surface area contributed by atoms with Crippen LogP contribution in [0.5, 0.6) is 0 Å². The average Bonchev–Trinajstić information content (AvgIpc) is 2.70. The van der Waals surface area contributed by atoms with E-state index in [-0.39, 0.29) is 5.92 Å². The third-order valence-corrected chi connectivity index (χ3v) is 3.91. The van der Waals surface area contributed by atoms with Crippen LogP contribution in [0.4, 0.5) is 0 Å². The molecule has 1 aliphatic carbocycles. The summed E-state index contributed by atoms with van der Waals surface area (Å²) in [5.74, 6) is 0.674. The maximum atomic E-state index is 11.4. The molecule has 0 spiro atoms. The number of hydrogen-bond acceptors (Lipinski definition) is 3. The molecule has 3 heteroatoms. The number of methoxy groups -OCH3 is 1. The van der Waals surface area contributed by atoms with Gasteiger partial charge in [-0.15, -0.1) is 0 Å². The summed E-state index contributed by atoms with van der Waals surface area (Å²) in [7, 11) is 1.80. The van der Waals surface area contributed by atoms with Gasteiger partial charge in [-0.3, -0.25) is 9.69 Å². The van der Waals surface area contributed by atoms with Gasteiger partial charge in [0, 0.05) is 38.6 Å². The summed E-state index contributed by atoms with van der Waals surface area (Å²) in [5.41, 5.74) is 0. The van der Waals surface area contributed by atoms with Crippen molar-refractivity contribution in [2.75, 3.05) is 20.2 Å². The zero-order chi connectivity index (χ0) is 10.8. The summed E-state index contributed by atoms with van der Waals surface area (Å²) >= 11 is 0. The Labute approximate surface area is 91.8 Å². The first-order valence-electron chi connectivity index (χ1n) is 6.00. The number of Topliss-reactive ketones (excluding diaryl/α,β-unsaturated/α-hetero) is 1. The van der Waals surface area contributed by atoms with E-state index in [0.29, 0.717) is 17.9 Å². The van der Waals surface area contributed by atoms with Gasteiger partial charge in [0.15, 0.2) is 0 Å². The highest BCUT2D eigenvalue weighted by atomic mass is 16.5. The summed E-state index contributed by atoms with van der Waals surface area (Å²) in [6.45, 7) is 3.97. The second-order valence-electron chi connectivity index (χ2n) is 4.94. The summed E-state index contributed by atoms with van der Waals surface area (Å²) in [6.07, 6.45) is 4.76. The van der Waals surface area contributed by atoms with E-state index in [1.54, 1.807) is 7.11 Å². The lowest BCUT2D eigenvalue weighted by Gasteiger charge is -2.34. The highest BCUT2D eigenvalue weighted by Crippen LogP contribution is 2.28. The molecule has 86 valence electrons. The first kappa shape index (κ1) is 11.1. The van der Waals surface area contributed by atoms with Crippen molar-refractivity contribution in [1.82, 2.24) is 4.90 Å². The van der Waals surface area contributed by atoms with Crippen molar-refractivity contribution in [2.45, 2.75) is 44.8 Å². The molecule has 3 atom stereocenters. The Morgan fingerprint density at radius 3 is 2.80 bits per heavy atom. The Hall–Kier alpha value is -0.410. The SMILES string of the molecule is COC1CCC(N2CCC(=O)C(C)C2)C1. The quantitative estimate of drug-likeness (QED) is 0.692. The zero-order valence-corrected chi connectivity index (χ0v) is 9.74. The fraction of sp³-hybridized carbons (Fsp3) is 0.917. The third kappa shape index (κ3) is 2.40. The summed E-state index contributed by atoms with van der Waals surface area (Å²) in [4.78, 5) is 13.9. The van der Waals surface area contributed by atoms with Crippen LogP contribution in [-0.4, -0.2) is 43.0 Å². The van der Waals surface area contributed by atoms with E-state index in [9.17, 15) is 4.79 Å². The molecule has 0 amide bonds. The van der Waals surface area contributed by atoms with Gasteiger partial charge in [0.25, 0.3) is 0 Å². The topological polar surface area (TPSA) is 29.5 Å². The molecular formula is C12H21NO2. The smallest absolute Gasteiger partial charge is 0.138 e. The third-order valence-electron chi connectivity index (χ3n) is 3.91. The van der Waals surface area contributed by atoms with Crippen molar-refractivity contribution in [3.63, 3.8) is 0 Å². The Kier molecular flexibility index (Phi) is 3.42. The number of piperidine rings is 1. The molecular weight excluding hydrogens is 190 g/mol. The van der Waals surface area contributed by atoms with Gasteiger partial charge in [0.05, 0.1) is 6.10 Å². The van der Waals surface area contributed by atoms with Crippen molar-refractivity contribution in [1.29, 1.82) is 0 Å². The minimum atomic E-state index is 0.236. The number of rotatable bonds is 2. The largest absolute Gasteiger partial charge is 0.381 e. The number of carbonyl (C=O) groups excluding carboxylic acids is 1. The molecule has 0 bridgehead atoms. The Bertz CT molecular complexity index is 242. The van der Waals surface area contributed by atoms with Crippen molar-refractivity contribution < 1.29 is 9.53 Å². The molecule has 2 rings (SSSR count). The minimum Gasteiger partial charge on any atom is -0.381 e. The lowest BCUT2D eigenvalue weighted by atomic mass is 9.97. The fourth-order valence-corrected chi connectivity index (χ4v) is 2.84. The molecule has 0 aromatic carbocycles. The Balaban J connectivity index is 1.87. The fourth-order valence-electron chi connectivity index (χ4n) is 2.84. The van der Waals surface area contributed by atoms with Gasteiger partial charge in [-0.1, -0.05) is 6.92 Å². The van der Waals surface area contributed by atoms with Crippen molar-refractivity contribution in [3.8, 4) is 0 Å². The van der Waals surface area contributed by atoms with Crippen molar-refractivity contribution >= 4 is 5.78 Å². The van der Waals surface area contributed by atoms with Crippen LogP contribution in [0, 0.1) is 5.92 Å². The van der Waals surface area contributed by atoms with Crippen LogP contribution in [-0.2, 0) is 9.53 Å². The van der Waals surface area contributed by atoms with E-state index in [0.717, 1.165) is 25.9 Å².